The van der Waals surface area contributed by atoms with E-state index >= 15 is 0 Å². The third-order valence-corrected chi connectivity index (χ3v) is 6.75. The van der Waals surface area contributed by atoms with Gasteiger partial charge in [0.2, 0.25) is 0 Å². The Bertz CT molecular complexity index is 983. The molecule has 2 fully saturated rings. The molecule has 182 valence electrons. The Hall–Kier alpha value is -2.45. The molecular formula is C27H34N2O5. The summed E-state index contributed by atoms with van der Waals surface area (Å²) in [7, 11) is 0. The van der Waals surface area contributed by atoms with Crippen LogP contribution in [0.4, 0.5) is 0 Å². The van der Waals surface area contributed by atoms with Crippen LogP contribution in [0.1, 0.15) is 28.8 Å². The van der Waals surface area contributed by atoms with Crippen LogP contribution in [0, 0.1) is 0 Å². The molecule has 1 aliphatic carbocycles. The first-order chi connectivity index (χ1) is 16.8. The number of ketones is 1. The molecule has 7 nitrogen and oxygen atoms in total. The van der Waals surface area contributed by atoms with Gasteiger partial charge in [0.15, 0.2) is 5.78 Å². The van der Waals surface area contributed by atoms with E-state index < -0.39 is 0 Å². The van der Waals surface area contributed by atoms with E-state index in [2.05, 4.69) is 9.80 Å². The van der Waals surface area contributed by atoms with Crippen molar-refractivity contribution in [1.29, 1.82) is 0 Å². The summed E-state index contributed by atoms with van der Waals surface area (Å²) in [6, 6.07) is 11.5. The number of carbonyl (C=O) groups is 1. The van der Waals surface area contributed by atoms with Crippen molar-refractivity contribution in [2.24, 2.45) is 0 Å². The zero-order valence-corrected chi connectivity index (χ0v) is 19.8. The van der Waals surface area contributed by atoms with E-state index in [1.807, 2.05) is 36.4 Å². The molecule has 0 aromatic heterocycles. The number of hydrogen-bond donors (Lipinski definition) is 0. The van der Waals surface area contributed by atoms with Crippen molar-refractivity contribution in [2.75, 3.05) is 78.9 Å². The van der Waals surface area contributed by atoms with Crippen LogP contribution in [-0.2, 0) is 9.47 Å². The van der Waals surface area contributed by atoms with Crippen molar-refractivity contribution in [3.05, 3.63) is 47.5 Å². The topological polar surface area (TPSA) is 60.5 Å². The van der Waals surface area contributed by atoms with Gasteiger partial charge in [-0.05, 0) is 37.1 Å². The van der Waals surface area contributed by atoms with Gasteiger partial charge in [-0.25, -0.2) is 0 Å². The molecule has 0 spiro atoms. The first kappa shape index (κ1) is 23.3. The SMILES string of the molecule is O=C1c2ccc(OCCCN3CCOCC3)cc2-c2c(OCCCN3CCOCC3)cccc21. The van der Waals surface area contributed by atoms with Crippen LogP contribution in [0.2, 0.25) is 0 Å². The molecule has 0 radical (unpaired) electrons. The summed E-state index contributed by atoms with van der Waals surface area (Å²) in [5, 5.41) is 0. The van der Waals surface area contributed by atoms with Crippen molar-refractivity contribution in [3.8, 4) is 22.6 Å². The summed E-state index contributed by atoms with van der Waals surface area (Å²) >= 11 is 0. The van der Waals surface area contributed by atoms with Gasteiger partial charge in [-0.1, -0.05) is 12.1 Å². The standard InChI is InChI=1S/C27H34N2O5/c30-27-22-7-6-21(33-14-2-8-28-10-16-31-17-11-28)20-24(22)26-23(27)4-1-5-25(26)34-15-3-9-29-12-18-32-19-13-29/h1,4-7,20H,2-3,8-19H2. The minimum Gasteiger partial charge on any atom is -0.494 e. The van der Waals surface area contributed by atoms with Gasteiger partial charge < -0.3 is 18.9 Å². The number of rotatable bonds is 10. The molecule has 7 heteroatoms. The number of morpholine rings is 2. The predicted octanol–water partition coefficient (Wildman–Crippen LogP) is 3.10. The van der Waals surface area contributed by atoms with Gasteiger partial charge in [0.05, 0.1) is 39.6 Å². The zero-order valence-electron chi connectivity index (χ0n) is 19.8. The summed E-state index contributed by atoms with van der Waals surface area (Å²) in [6.07, 6.45) is 1.90. The fourth-order valence-corrected chi connectivity index (χ4v) is 4.88. The molecule has 3 aliphatic rings. The van der Waals surface area contributed by atoms with Crippen LogP contribution in [-0.4, -0.2) is 94.5 Å². The lowest BCUT2D eigenvalue weighted by Gasteiger charge is -2.26. The first-order valence-corrected chi connectivity index (χ1v) is 12.5. The van der Waals surface area contributed by atoms with E-state index in [4.69, 9.17) is 18.9 Å². The molecule has 0 saturated carbocycles. The van der Waals surface area contributed by atoms with Crippen LogP contribution in [0.15, 0.2) is 36.4 Å². The number of hydrogen-bond acceptors (Lipinski definition) is 7. The van der Waals surface area contributed by atoms with Gasteiger partial charge in [0.25, 0.3) is 0 Å². The Morgan fingerprint density at radius 3 is 2.06 bits per heavy atom. The molecule has 0 bridgehead atoms. The average Bonchev–Trinajstić information content (AvgIpc) is 3.18. The fourth-order valence-electron chi connectivity index (χ4n) is 4.88. The maximum Gasteiger partial charge on any atom is 0.194 e. The zero-order chi connectivity index (χ0) is 23.2. The van der Waals surface area contributed by atoms with Crippen molar-refractivity contribution >= 4 is 5.78 Å². The van der Waals surface area contributed by atoms with Gasteiger partial charge in [0, 0.05) is 61.5 Å². The largest absolute Gasteiger partial charge is 0.494 e. The lowest BCUT2D eigenvalue weighted by molar-refractivity contribution is 0.0357. The summed E-state index contributed by atoms with van der Waals surface area (Å²) < 4.78 is 23.1. The Kier molecular flexibility index (Phi) is 7.76. The minimum absolute atomic E-state index is 0.0580. The molecule has 0 unspecified atom stereocenters. The van der Waals surface area contributed by atoms with E-state index in [0.717, 1.165) is 107 Å². The highest BCUT2D eigenvalue weighted by Crippen LogP contribution is 2.44. The van der Waals surface area contributed by atoms with Gasteiger partial charge in [-0.2, -0.15) is 0 Å². The van der Waals surface area contributed by atoms with Crippen LogP contribution in [0.5, 0.6) is 11.5 Å². The van der Waals surface area contributed by atoms with Gasteiger partial charge >= 0.3 is 0 Å². The summed E-state index contributed by atoms with van der Waals surface area (Å²) in [5.41, 5.74) is 3.24. The van der Waals surface area contributed by atoms with Gasteiger partial charge in [-0.3, -0.25) is 14.6 Å². The summed E-state index contributed by atoms with van der Waals surface area (Å²) in [6.45, 7) is 10.5. The van der Waals surface area contributed by atoms with Crippen LogP contribution in [0.3, 0.4) is 0 Å². The second-order valence-corrected chi connectivity index (χ2v) is 9.03. The molecular weight excluding hydrogens is 432 g/mol. The molecule has 34 heavy (non-hydrogen) atoms. The van der Waals surface area contributed by atoms with Crippen molar-refractivity contribution in [3.63, 3.8) is 0 Å². The molecule has 2 aliphatic heterocycles. The molecule has 0 amide bonds. The number of fused-ring (bicyclic) bond motifs is 3. The van der Waals surface area contributed by atoms with E-state index in [1.54, 1.807) is 0 Å². The third kappa shape index (κ3) is 5.44. The smallest absolute Gasteiger partial charge is 0.194 e. The summed E-state index contributed by atoms with van der Waals surface area (Å²) in [5.74, 6) is 1.63. The highest BCUT2D eigenvalue weighted by molar-refractivity contribution is 6.22. The lowest BCUT2D eigenvalue weighted by atomic mass is 10.0. The van der Waals surface area contributed by atoms with Crippen molar-refractivity contribution in [1.82, 2.24) is 9.80 Å². The van der Waals surface area contributed by atoms with Gasteiger partial charge in [0.1, 0.15) is 11.5 Å². The van der Waals surface area contributed by atoms with Crippen molar-refractivity contribution in [2.45, 2.75) is 12.8 Å². The highest BCUT2D eigenvalue weighted by atomic mass is 16.5. The molecule has 0 N–H and O–H groups in total. The minimum atomic E-state index is 0.0580. The summed E-state index contributed by atoms with van der Waals surface area (Å²) in [4.78, 5) is 17.8. The molecule has 2 heterocycles. The Balaban J connectivity index is 1.20. The molecule has 0 atom stereocenters. The normalized spacial score (nSPS) is 18.5. The highest BCUT2D eigenvalue weighted by Gasteiger charge is 2.30. The number of carbonyl (C=O) groups excluding carboxylic acids is 1. The average molecular weight is 467 g/mol. The van der Waals surface area contributed by atoms with E-state index in [-0.39, 0.29) is 5.78 Å². The monoisotopic (exact) mass is 466 g/mol. The number of benzene rings is 2. The molecule has 2 saturated heterocycles. The van der Waals surface area contributed by atoms with Crippen molar-refractivity contribution < 1.29 is 23.7 Å². The maximum atomic E-state index is 13.0. The van der Waals surface area contributed by atoms with E-state index in [1.165, 1.54) is 0 Å². The second kappa shape index (κ2) is 11.3. The predicted molar refractivity (Wildman–Crippen MR) is 130 cm³/mol. The number of nitrogens with zero attached hydrogens (tertiary/aromatic N) is 2. The van der Waals surface area contributed by atoms with Crippen LogP contribution >= 0.6 is 0 Å². The Morgan fingerprint density at radius 1 is 0.735 bits per heavy atom. The lowest BCUT2D eigenvalue weighted by Crippen LogP contribution is -2.37. The van der Waals surface area contributed by atoms with E-state index in [9.17, 15) is 4.79 Å². The molecule has 2 aromatic rings. The van der Waals surface area contributed by atoms with E-state index in [0.29, 0.717) is 18.8 Å². The quantitative estimate of drug-likeness (QED) is 0.426. The number of ether oxygens (including phenoxy) is 4. The van der Waals surface area contributed by atoms with Crippen LogP contribution in [0.25, 0.3) is 11.1 Å². The first-order valence-electron chi connectivity index (χ1n) is 12.5. The molecule has 5 rings (SSSR count). The Labute approximate surface area is 201 Å². The third-order valence-electron chi connectivity index (χ3n) is 6.75. The maximum absolute atomic E-state index is 13.0. The molecule has 2 aromatic carbocycles. The fraction of sp³-hybridized carbons (Fsp3) is 0.519. The Morgan fingerprint density at radius 2 is 1.38 bits per heavy atom. The van der Waals surface area contributed by atoms with Gasteiger partial charge in [-0.15, -0.1) is 0 Å². The van der Waals surface area contributed by atoms with Crippen LogP contribution < -0.4 is 9.47 Å². The second-order valence-electron chi connectivity index (χ2n) is 9.03.